The van der Waals surface area contributed by atoms with Crippen LogP contribution < -0.4 is 4.74 Å². The summed E-state index contributed by atoms with van der Waals surface area (Å²) >= 11 is 0. The van der Waals surface area contributed by atoms with E-state index < -0.39 is 11.5 Å². The Morgan fingerprint density at radius 3 is 2.54 bits per heavy atom. The van der Waals surface area contributed by atoms with E-state index in [1.807, 2.05) is 0 Å². The molecule has 3 aromatic rings. The summed E-state index contributed by atoms with van der Waals surface area (Å²) in [6.45, 7) is 0.293. The third-order valence-electron chi connectivity index (χ3n) is 3.60. The molecule has 11 heteroatoms. The van der Waals surface area contributed by atoms with Gasteiger partial charge in [-0.1, -0.05) is 0 Å². The monoisotopic (exact) mass is 365 g/mol. The van der Waals surface area contributed by atoms with E-state index >= 15 is 0 Å². The second-order valence-electron chi connectivity index (χ2n) is 5.34. The lowest BCUT2D eigenvalue weighted by Crippen LogP contribution is -2.04. The highest BCUT2D eigenvalue weighted by Crippen LogP contribution is 2.24. The molecule has 0 atom stereocenters. The number of hydrogen-bond donors (Lipinski definition) is 0. The Morgan fingerprint density at radius 2 is 1.96 bits per heavy atom. The van der Waals surface area contributed by atoms with Crippen molar-refractivity contribution in [1.29, 1.82) is 0 Å². The molecular formula is C15H13F2N5O4. The zero-order chi connectivity index (χ0) is 18.8. The lowest BCUT2D eigenvalue weighted by molar-refractivity contribution is -0.386. The summed E-state index contributed by atoms with van der Waals surface area (Å²) in [7, 11) is 0. The highest BCUT2D eigenvalue weighted by molar-refractivity contribution is 5.54. The van der Waals surface area contributed by atoms with Gasteiger partial charge in [0.15, 0.2) is 0 Å². The molecule has 3 rings (SSSR count). The first-order valence-corrected chi connectivity index (χ1v) is 7.41. The molecule has 136 valence electrons. The van der Waals surface area contributed by atoms with Gasteiger partial charge in [-0.15, -0.1) is 10.2 Å². The van der Waals surface area contributed by atoms with Gasteiger partial charge in [0.05, 0.1) is 4.92 Å². The third-order valence-corrected chi connectivity index (χ3v) is 3.60. The van der Waals surface area contributed by atoms with Crippen LogP contribution in [0, 0.1) is 24.0 Å². The van der Waals surface area contributed by atoms with E-state index in [1.54, 1.807) is 13.8 Å². The molecule has 2 aromatic heterocycles. The summed E-state index contributed by atoms with van der Waals surface area (Å²) in [6.07, 6.45) is 0. The highest BCUT2D eigenvalue weighted by atomic mass is 19.3. The number of rotatable bonds is 6. The van der Waals surface area contributed by atoms with Crippen LogP contribution in [0.3, 0.4) is 0 Å². The van der Waals surface area contributed by atoms with Gasteiger partial charge in [0.1, 0.15) is 23.7 Å². The van der Waals surface area contributed by atoms with E-state index in [-0.39, 0.29) is 29.8 Å². The SMILES string of the molecule is Cc1nn(Cc2nnc(-c3ccc(OC(F)F)cc3)o2)c(C)c1[N+](=O)[O-]. The van der Waals surface area contributed by atoms with Crippen molar-refractivity contribution in [3.05, 3.63) is 51.7 Å². The predicted molar refractivity (Wildman–Crippen MR) is 83.8 cm³/mol. The summed E-state index contributed by atoms with van der Waals surface area (Å²) in [5.74, 6) is 0.395. The number of nitro groups is 1. The van der Waals surface area contributed by atoms with Gasteiger partial charge < -0.3 is 9.15 Å². The minimum atomic E-state index is -2.90. The third kappa shape index (κ3) is 3.50. The zero-order valence-corrected chi connectivity index (χ0v) is 13.7. The van der Waals surface area contributed by atoms with E-state index in [2.05, 4.69) is 20.0 Å². The molecule has 0 saturated heterocycles. The first kappa shape index (κ1) is 17.5. The maximum atomic E-state index is 12.2. The fraction of sp³-hybridized carbons (Fsp3) is 0.267. The Kier molecular flexibility index (Phi) is 4.61. The van der Waals surface area contributed by atoms with E-state index in [0.29, 0.717) is 17.0 Å². The minimum Gasteiger partial charge on any atom is -0.435 e. The molecule has 0 unspecified atom stereocenters. The standard InChI is InChI=1S/C15H13F2N5O4/c1-8-13(22(23)24)9(2)21(20-8)7-12-18-19-14(26-12)10-3-5-11(6-4-10)25-15(16)17/h3-6,15H,7H2,1-2H3. The second kappa shape index (κ2) is 6.86. The summed E-state index contributed by atoms with van der Waals surface area (Å²) in [5, 5.41) is 22.9. The lowest BCUT2D eigenvalue weighted by atomic mass is 10.2. The molecule has 0 N–H and O–H groups in total. The van der Waals surface area contributed by atoms with Crippen LogP contribution in [-0.2, 0) is 6.54 Å². The van der Waals surface area contributed by atoms with Gasteiger partial charge in [-0.25, -0.2) is 0 Å². The van der Waals surface area contributed by atoms with Gasteiger partial charge in [-0.05, 0) is 38.1 Å². The van der Waals surface area contributed by atoms with Crippen LogP contribution in [0.25, 0.3) is 11.5 Å². The number of alkyl halides is 2. The van der Waals surface area contributed by atoms with Gasteiger partial charge in [-0.2, -0.15) is 13.9 Å². The van der Waals surface area contributed by atoms with Crippen molar-refractivity contribution in [3.8, 4) is 17.2 Å². The molecule has 0 bridgehead atoms. The highest BCUT2D eigenvalue weighted by Gasteiger charge is 2.22. The van der Waals surface area contributed by atoms with Crippen LogP contribution in [0.5, 0.6) is 5.75 Å². The van der Waals surface area contributed by atoms with Crippen LogP contribution in [0.2, 0.25) is 0 Å². The van der Waals surface area contributed by atoms with Gasteiger partial charge >= 0.3 is 12.3 Å². The summed E-state index contributed by atoms with van der Waals surface area (Å²) in [5.41, 5.74) is 1.13. The number of halogens is 2. The van der Waals surface area contributed by atoms with Crippen molar-refractivity contribution in [2.45, 2.75) is 27.0 Å². The van der Waals surface area contributed by atoms with Crippen LogP contribution in [0.15, 0.2) is 28.7 Å². The fourth-order valence-corrected chi connectivity index (χ4v) is 2.45. The van der Waals surface area contributed by atoms with E-state index in [1.165, 1.54) is 28.9 Å². The zero-order valence-electron chi connectivity index (χ0n) is 13.7. The Balaban J connectivity index is 1.78. The van der Waals surface area contributed by atoms with Crippen molar-refractivity contribution < 1.29 is 22.9 Å². The first-order valence-electron chi connectivity index (χ1n) is 7.41. The van der Waals surface area contributed by atoms with Crippen molar-refractivity contribution in [3.63, 3.8) is 0 Å². The van der Waals surface area contributed by atoms with Gasteiger partial charge in [0.25, 0.3) is 0 Å². The topological polar surface area (TPSA) is 109 Å². The Hall–Kier alpha value is -3.37. The molecule has 0 aliphatic rings. The predicted octanol–water partition coefficient (Wildman–Crippen LogP) is 3.11. The van der Waals surface area contributed by atoms with Gasteiger partial charge in [0, 0.05) is 5.56 Å². The summed E-state index contributed by atoms with van der Waals surface area (Å²) < 4.78 is 35.5. The average Bonchev–Trinajstić information content (AvgIpc) is 3.13. The average molecular weight is 365 g/mol. The number of aromatic nitrogens is 4. The second-order valence-corrected chi connectivity index (χ2v) is 5.34. The van der Waals surface area contributed by atoms with Crippen LogP contribution in [0.4, 0.5) is 14.5 Å². The molecule has 0 spiro atoms. The maximum absolute atomic E-state index is 12.2. The molecule has 0 fully saturated rings. The minimum absolute atomic E-state index is 0.0124. The molecule has 1 aromatic carbocycles. The Morgan fingerprint density at radius 1 is 1.27 bits per heavy atom. The van der Waals surface area contributed by atoms with Crippen LogP contribution in [0.1, 0.15) is 17.3 Å². The van der Waals surface area contributed by atoms with Crippen molar-refractivity contribution >= 4 is 5.69 Å². The Labute approximate surface area is 145 Å². The molecule has 0 amide bonds. The number of ether oxygens (including phenoxy) is 1. The molecule has 9 nitrogen and oxygen atoms in total. The molecule has 0 aliphatic heterocycles. The number of aryl methyl sites for hydroxylation is 1. The largest absolute Gasteiger partial charge is 0.435 e. The maximum Gasteiger partial charge on any atom is 0.387 e. The van der Waals surface area contributed by atoms with Crippen molar-refractivity contribution in [2.24, 2.45) is 0 Å². The van der Waals surface area contributed by atoms with E-state index in [9.17, 15) is 18.9 Å². The van der Waals surface area contributed by atoms with Crippen molar-refractivity contribution in [2.75, 3.05) is 0 Å². The summed E-state index contributed by atoms with van der Waals surface area (Å²) in [6, 6.07) is 5.72. The number of nitrogens with zero attached hydrogens (tertiary/aromatic N) is 5. The Bertz CT molecular complexity index is 936. The molecule has 0 radical (unpaired) electrons. The van der Waals surface area contributed by atoms with Gasteiger partial charge in [-0.3, -0.25) is 14.8 Å². The summed E-state index contributed by atoms with van der Waals surface area (Å²) in [4.78, 5) is 10.5. The molecule has 0 saturated carbocycles. The quantitative estimate of drug-likeness (QED) is 0.488. The van der Waals surface area contributed by atoms with E-state index in [0.717, 1.165) is 0 Å². The van der Waals surface area contributed by atoms with E-state index in [4.69, 9.17) is 4.42 Å². The smallest absolute Gasteiger partial charge is 0.387 e. The number of hydrogen-bond acceptors (Lipinski definition) is 7. The lowest BCUT2D eigenvalue weighted by Gasteiger charge is -2.03. The molecule has 0 aliphatic carbocycles. The van der Waals surface area contributed by atoms with Crippen LogP contribution in [-0.4, -0.2) is 31.5 Å². The molecule has 2 heterocycles. The molecular weight excluding hydrogens is 352 g/mol. The van der Waals surface area contributed by atoms with Gasteiger partial charge in [0.2, 0.25) is 11.8 Å². The fourth-order valence-electron chi connectivity index (χ4n) is 2.45. The first-order chi connectivity index (χ1) is 12.3. The molecule has 26 heavy (non-hydrogen) atoms. The normalized spacial score (nSPS) is 11.1. The van der Waals surface area contributed by atoms with Crippen molar-refractivity contribution in [1.82, 2.24) is 20.0 Å². The van der Waals surface area contributed by atoms with Crippen LogP contribution >= 0.6 is 0 Å². The number of benzene rings is 1.